The Morgan fingerprint density at radius 1 is 1.08 bits per heavy atom. The molecule has 1 aliphatic carbocycles. The largest absolute Gasteiger partial charge is 0.342 e. The summed E-state index contributed by atoms with van der Waals surface area (Å²) in [7, 11) is 0. The fourth-order valence-corrected chi connectivity index (χ4v) is 4.88. The van der Waals surface area contributed by atoms with E-state index in [0.29, 0.717) is 23.4 Å². The Hall–Kier alpha value is -1.13. The third kappa shape index (κ3) is 3.63. The zero-order valence-electron chi connectivity index (χ0n) is 15.4. The molecule has 3 aliphatic rings. The summed E-state index contributed by atoms with van der Waals surface area (Å²) in [6.45, 7) is 4.75. The molecule has 1 saturated carbocycles. The molecule has 2 heterocycles. The van der Waals surface area contributed by atoms with Crippen LogP contribution < -0.4 is 0 Å². The molecule has 0 atom stereocenters. The van der Waals surface area contributed by atoms with Crippen LogP contribution in [0.5, 0.6) is 0 Å². The highest BCUT2D eigenvalue weighted by molar-refractivity contribution is 6.31. The smallest absolute Gasteiger partial charge is 0.225 e. The number of hydrogen-bond donors (Lipinski definition) is 0. The van der Waals surface area contributed by atoms with Gasteiger partial charge >= 0.3 is 0 Å². The minimum absolute atomic E-state index is 0.148. The van der Waals surface area contributed by atoms with E-state index in [1.807, 2.05) is 17.0 Å². The number of rotatable bonds is 4. The molecular formula is C21H28ClFN2O. The van der Waals surface area contributed by atoms with Crippen LogP contribution in [0.25, 0.3) is 0 Å². The molecular weight excluding hydrogens is 351 g/mol. The quantitative estimate of drug-likeness (QED) is 0.768. The highest BCUT2D eigenvalue weighted by Crippen LogP contribution is 2.50. The highest BCUT2D eigenvalue weighted by Gasteiger charge is 2.50. The second-order valence-electron chi connectivity index (χ2n) is 8.25. The number of carbonyl (C=O) groups excluding carboxylic acids is 1. The van der Waals surface area contributed by atoms with Crippen molar-refractivity contribution in [1.29, 1.82) is 0 Å². The molecule has 1 aromatic carbocycles. The first-order valence-corrected chi connectivity index (χ1v) is 10.4. The van der Waals surface area contributed by atoms with Gasteiger partial charge in [-0.3, -0.25) is 9.69 Å². The van der Waals surface area contributed by atoms with Crippen molar-refractivity contribution in [1.82, 2.24) is 9.80 Å². The number of halogens is 2. The average molecular weight is 379 g/mol. The zero-order valence-corrected chi connectivity index (χ0v) is 16.1. The van der Waals surface area contributed by atoms with E-state index in [-0.39, 0.29) is 11.8 Å². The number of alkyl halides is 1. The van der Waals surface area contributed by atoms with Crippen molar-refractivity contribution >= 4 is 17.5 Å². The van der Waals surface area contributed by atoms with Crippen LogP contribution >= 0.6 is 11.6 Å². The van der Waals surface area contributed by atoms with Gasteiger partial charge in [-0.05, 0) is 75.2 Å². The van der Waals surface area contributed by atoms with Crippen molar-refractivity contribution in [2.24, 2.45) is 5.92 Å². The number of nitrogens with zero attached hydrogens (tertiary/aromatic N) is 2. The molecule has 2 saturated heterocycles. The molecule has 0 spiro atoms. The Balaban J connectivity index is 1.38. The third-order valence-electron chi connectivity index (χ3n) is 6.32. The third-order valence-corrected chi connectivity index (χ3v) is 6.67. The Morgan fingerprint density at radius 3 is 2.38 bits per heavy atom. The van der Waals surface area contributed by atoms with Gasteiger partial charge in [0.25, 0.3) is 0 Å². The fraction of sp³-hybridized carbons (Fsp3) is 0.667. The van der Waals surface area contributed by atoms with Crippen molar-refractivity contribution in [2.75, 3.05) is 26.2 Å². The first-order valence-electron chi connectivity index (χ1n) is 10.0. The molecule has 3 nitrogen and oxygen atoms in total. The second-order valence-corrected chi connectivity index (χ2v) is 8.65. The number of likely N-dealkylation sites (tertiary alicyclic amines) is 2. The molecule has 142 valence electrons. The molecule has 0 N–H and O–H groups in total. The number of hydrogen-bond acceptors (Lipinski definition) is 2. The Morgan fingerprint density at radius 2 is 1.73 bits per heavy atom. The number of benzene rings is 1. The van der Waals surface area contributed by atoms with Crippen molar-refractivity contribution in [2.45, 2.75) is 57.2 Å². The first kappa shape index (κ1) is 18.2. The molecule has 4 rings (SSSR count). The summed E-state index contributed by atoms with van der Waals surface area (Å²) in [5.74, 6) is -0.0177. The summed E-state index contributed by atoms with van der Waals surface area (Å²) >= 11 is 6.45. The molecule has 26 heavy (non-hydrogen) atoms. The van der Waals surface area contributed by atoms with Gasteiger partial charge in [0, 0.05) is 30.6 Å². The van der Waals surface area contributed by atoms with Gasteiger partial charge in [0.05, 0.1) is 0 Å². The van der Waals surface area contributed by atoms with Crippen LogP contribution in [0.15, 0.2) is 18.2 Å². The summed E-state index contributed by atoms with van der Waals surface area (Å²) in [4.78, 5) is 16.9. The van der Waals surface area contributed by atoms with Crippen LogP contribution in [-0.2, 0) is 17.0 Å². The van der Waals surface area contributed by atoms with Gasteiger partial charge in [-0.2, -0.15) is 0 Å². The topological polar surface area (TPSA) is 23.6 Å². The molecule has 0 aromatic heterocycles. The Kier molecular flexibility index (Phi) is 5.24. The van der Waals surface area contributed by atoms with Crippen LogP contribution in [0, 0.1) is 5.92 Å². The maximum absolute atomic E-state index is 15.3. The first-order chi connectivity index (χ1) is 12.5. The molecule has 1 amide bonds. The summed E-state index contributed by atoms with van der Waals surface area (Å²) in [5.41, 5.74) is 0.308. The minimum atomic E-state index is -1.40. The lowest BCUT2D eigenvalue weighted by atomic mass is 9.68. The van der Waals surface area contributed by atoms with Crippen molar-refractivity contribution < 1.29 is 9.18 Å². The maximum atomic E-state index is 15.3. The monoisotopic (exact) mass is 378 g/mol. The Labute approximate surface area is 160 Å². The minimum Gasteiger partial charge on any atom is -0.342 e. The lowest BCUT2D eigenvalue weighted by Gasteiger charge is -2.43. The lowest BCUT2D eigenvalue weighted by molar-refractivity contribution is -0.146. The summed E-state index contributed by atoms with van der Waals surface area (Å²) < 4.78 is 15.3. The van der Waals surface area contributed by atoms with E-state index in [9.17, 15) is 4.79 Å². The molecule has 1 aromatic rings. The van der Waals surface area contributed by atoms with Gasteiger partial charge in [-0.1, -0.05) is 23.7 Å². The molecule has 0 radical (unpaired) electrons. The van der Waals surface area contributed by atoms with Crippen molar-refractivity contribution in [3.05, 3.63) is 34.3 Å². The predicted octanol–water partition coefficient (Wildman–Crippen LogP) is 4.52. The van der Waals surface area contributed by atoms with E-state index in [1.165, 1.54) is 19.3 Å². The van der Waals surface area contributed by atoms with E-state index < -0.39 is 5.67 Å². The highest BCUT2D eigenvalue weighted by atomic mass is 35.5. The predicted molar refractivity (Wildman–Crippen MR) is 102 cm³/mol. The molecule has 5 heteroatoms. The van der Waals surface area contributed by atoms with Crippen LogP contribution in [0.3, 0.4) is 0 Å². The van der Waals surface area contributed by atoms with E-state index >= 15 is 4.39 Å². The van der Waals surface area contributed by atoms with Crippen molar-refractivity contribution in [3.8, 4) is 0 Å². The summed E-state index contributed by atoms with van der Waals surface area (Å²) in [6.07, 6.45) is 6.43. The van der Waals surface area contributed by atoms with E-state index in [0.717, 1.165) is 51.1 Å². The van der Waals surface area contributed by atoms with Crippen molar-refractivity contribution in [3.63, 3.8) is 0 Å². The van der Waals surface area contributed by atoms with Gasteiger partial charge < -0.3 is 4.90 Å². The average Bonchev–Trinajstić information content (AvgIpc) is 3.14. The SMILES string of the molecule is O=C([C@H]1C[C@@](F)(c2ccc(CN3CCCC3)c(Cl)c2)C1)N1CCCCC1. The fourth-order valence-electron chi connectivity index (χ4n) is 4.64. The zero-order chi connectivity index (χ0) is 18.1. The van der Waals surface area contributed by atoms with Gasteiger partial charge in [0.2, 0.25) is 5.91 Å². The summed E-state index contributed by atoms with van der Waals surface area (Å²) in [6, 6.07) is 5.63. The standard InChI is InChI=1S/C21H28ClFN2O/c22-19-12-18(7-6-16(19)15-24-8-4-5-9-24)21(23)13-17(14-21)20(26)25-10-2-1-3-11-25/h6-7,12,17H,1-5,8-11,13-15H2/t17-,21-. The Bertz CT molecular complexity index is 662. The second kappa shape index (κ2) is 7.47. The van der Waals surface area contributed by atoms with Crippen LogP contribution in [-0.4, -0.2) is 41.9 Å². The van der Waals surface area contributed by atoms with Gasteiger partial charge in [0.1, 0.15) is 5.67 Å². The van der Waals surface area contributed by atoms with Gasteiger partial charge in [-0.25, -0.2) is 4.39 Å². The number of carbonyl (C=O) groups is 1. The normalized spacial score (nSPS) is 29.6. The molecule has 3 fully saturated rings. The van der Waals surface area contributed by atoms with E-state index in [2.05, 4.69) is 4.90 Å². The van der Waals surface area contributed by atoms with E-state index in [4.69, 9.17) is 11.6 Å². The maximum Gasteiger partial charge on any atom is 0.225 e. The van der Waals surface area contributed by atoms with Crippen LogP contribution in [0.2, 0.25) is 5.02 Å². The lowest BCUT2D eigenvalue weighted by Crippen LogP contribution is -2.48. The van der Waals surface area contributed by atoms with Gasteiger partial charge in [0.15, 0.2) is 0 Å². The summed E-state index contributed by atoms with van der Waals surface area (Å²) in [5, 5.41) is 0.650. The van der Waals surface area contributed by atoms with E-state index in [1.54, 1.807) is 6.07 Å². The number of amides is 1. The van der Waals surface area contributed by atoms with Gasteiger partial charge in [-0.15, -0.1) is 0 Å². The van der Waals surface area contributed by atoms with Crippen LogP contribution in [0.1, 0.15) is 56.1 Å². The van der Waals surface area contributed by atoms with Crippen LogP contribution in [0.4, 0.5) is 4.39 Å². The molecule has 2 aliphatic heterocycles. The number of piperidine rings is 1. The molecule has 0 bridgehead atoms. The molecule has 0 unspecified atom stereocenters.